The van der Waals surface area contributed by atoms with Crippen molar-refractivity contribution in [3.63, 3.8) is 0 Å². The maximum atomic E-state index is 12.0. The van der Waals surface area contributed by atoms with Crippen LogP contribution in [0.5, 0.6) is 5.88 Å². The summed E-state index contributed by atoms with van der Waals surface area (Å²) >= 11 is 0. The van der Waals surface area contributed by atoms with Crippen LogP contribution < -0.4 is 15.4 Å². The van der Waals surface area contributed by atoms with E-state index in [0.29, 0.717) is 32.2 Å². The van der Waals surface area contributed by atoms with Gasteiger partial charge in [-0.1, -0.05) is 12.1 Å². The van der Waals surface area contributed by atoms with Crippen molar-refractivity contribution in [3.05, 3.63) is 59.3 Å². The first kappa shape index (κ1) is 19.6. The van der Waals surface area contributed by atoms with Crippen LogP contribution in [0.1, 0.15) is 34.3 Å². The van der Waals surface area contributed by atoms with Gasteiger partial charge in [-0.2, -0.15) is 0 Å². The second-order valence-corrected chi connectivity index (χ2v) is 6.47. The topological polar surface area (TPSA) is 110 Å². The molecule has 1 aromatic carbocycles. The van der Waals surface area contributed by atoms with E-state index in [1.165, 1.54) is 12.1 Å². The zero-order valence-corrected chi connectivity index (χ0v) is 15.4. The zero-order chi connectivity index (χ0) is 19.8. The van der Waals surface area contributed by atoms with Crippen LogP contribution >= 0.6 is 0 Å². The van der Waals surface area contributed by atoms with Gasteiger partial charge in [0.1, 0.15) is 6.10 Å². The Labute approximate surface area is 162 Å². The number of carbonyl (C=O) groups is 2. The van der Waals surface area contributed by atoms with Crippen LogP contribution in [-0.2, 0) is 17.8 Å². The molecule has 8 nitrogen and oxygen atoms in total. The third-order valence-corrected chi connectivity index (χ3v) is 4.36. The fraction of sp³-hybridized carbons (Fsp3) is 0.350. The van der Waals surface area contributed by atoms with Crippen molar-refractivity contribution in [2.45, 2.75) is 32.0 Å². The number of ether oxygens (including phenoxy) is 2. The monoisotopic (exact) mass is 385 g/mol. The molecule has 1 saturated heterocycles. The molecular weight excluding hydrogens is 362 g/mol. The normalized spacial score (nSPS) is 14.3. The van der Waals surface area contributed by atoms with Crippen LogP contribution in [0, 0.1) is 0 Å². The zero-order valence-electron chi connectivity index (χ0n) is 15.4. The number of amides is 2. The molecule has 2 heterocycles. The number of rotatable bonds is 7. The Hall–Kier alpha value is -3.13. The Balaban J connectivity index is 1.43. The molecule has 0 atom stereocenters. The molecule has 8 heteroatoms. The maximum Gasteiger partial charge on any atom is 0.335 e. The van der Waals surface area contributed by atoms with Gasteiger partial charge in [0, 0.05) is 38.2 Å². The van der Waals surface area contributed by atoms with Gasteiger partial charge in [0.2, 0.25) is 5.88 Å². The number of benzene rings is 1. The van der Waals surface area contributed by atoms with Crippen molar-refractivity contribution in [2.24, 2.45) is 0 Å². The van der Waals surface area contributed by atoms with Gasteiger partial charge in [0.15, 0.2) is 0 Å². The largest absolute Gasteiger partial charge is 0.478 e. The number of nitrogens with zero attached hydrogens (tertiary/aromatic N) is 1. The van der Waals surface area contributed by atoms with E-state index in [9.17, 15) is 9.59 Å². The van der Waals surface area contributed by atoms with Crippen molar-refractivity contribution >= 4 is 12.0 Å². The Morgan fingerprint density at radius 1 is 1.07 bits per heavy atom. The van der Waals surface area contributed by atoms with E-state index in [1.54, 1.807) is 18.3 Å². The fourth-order valence-electron chi connectivity index (χ4n) is 2.78. The van der Waals surface area contributed by atoms with Crippen molar-refractivity contribution in [1.29, 1.82) is 0 Å². The van der Waals surface area contributed by atoms with Gasteiger partial charge in [0.05, 0.1) is 18.8 Å². The molecule has 28 heavy (non-hydrogen) atoms. The van der Waals surface area contributed by atoms with Gasteiger partial charge in [-0.05, 0) is 29.3 Å². The molecule has 0 bridgehead atoms. The number of carboxylic acids is 1. The Kier molecular flexibility index (Phi) is 6.80. The predicted molar refractivity (Wildman–Crippen MR) is 101 cm³/mol. The molecule has 3 rings (SSSR count). The number of carboxylic acid groups (broad SMARTS) is 1. The van der Waals surface area contributed by atoms with Gasteiger partial charge in [-0.15, -0.1) is 0 Å². The fourth-order valence-corrected chi connectivity index (χ4v) is 2.78. The molecule has 1 fully saturated rings. The summed E-state index contributed by atoms with van der Waals surface area (Å²) in [5, 5.41) is 14.4. The SMILES string of the molecule is O=C(NCc1ccc(C(=O)O)cc1)NCc1ccnc(OC2CCOCC2)c1. The Morgan fingerprint density at radius 2 is 1.75 bits per heavy atom. The number of hydrogen-bond donors (Lipinski definition) is 3. The molecule has 1 aliphatic heterocycles. The number of nitrogens with one attached hydrogen (secondary N) is 2. The second kappa shape index (κ2) is 9.70. The van der Waals surface area contributed by atoms with Crippen molar-refractivity contribution in [1.82, 2.24) is 15.6 Å². The molecular formula is C20H23N3O5. The molecule has 1 aromatic heterocycles. The third-order valence-electron chi connectivity index (χ3n) is 4.36. The quantitative estimate of drug-likeness (QED) is 0.675. The summed E-state index contributed by atoms with van der Waals surface area (Å²) < 4.78 is 11.2. The molecule has 0 unspecified atom stereocenters. The third kappa shape index (κ3) is 5.95. The van der Waals surface area contributed by atoms with E-state index in [-0.39, 0.29) is 17.7 Å². The first-order chi connectivity index (χ1) is 13.6. The number of pyridine rings is 1. The lowest BCUT2D eigenvalue weighted by atomic mass is 10.1. The molecule has 3 N–H and O–H groups in total. The van der Waals surface area contributed by atoms with Crippen LogP contribution in [0.15, 0.2) is 42.6 Å². The second-order valence-electron chi connectivity index (χ2n) is 6.47. The minimum Gasteiger partial charge on any atom is -0.478 e. The van der Waals surface area contributed by atoms with Crippen molar-refractivity contribution in [3.8, 4) is 5.88 Å². The molecule has 0 aliphatic carbocycles. The smallest absolute Gasteiger partial charge is 0.335 e. The number of aromatic carboxylic acids is 1. The molecule has 0 radical (unpaired) electrons. The number of aromatic nitrogens is 1. The maximum absolute atomic E-state index is 12.0. The summed E-state index contributed by atoms with van der Waals surface area (Å²) in [5.41, 5.74) is 1.92. The van der Waals surface area contributed by atoms with E-state index in [2.05, 4.69) is 15.6 Å². The highest BCUT2D eigenvalue weighted by Crippen LogP contribution is 2.16. The van der Waals surface area contributed by atoms with Gasteiger partial charge >= 0.3 is 12.0 Å². The summed E-state index contributed by atoms with van der Waals surface area (Å²) in [6.45, 7) is 2.05. The average Bonchev–Trinajstić information content (AvgIpc) is 2.72. The van der Waals surface area contributed by atoms with Gasteiger partial charge in [-0.3, -0.25) is 0 Å². The van der Waals surface area contributed by atoms with E-state index >= 15 is 0 Å². The first-order valence-electron chi connectivity index (χ1n) is 9.13. The van der Waals surface area contributed by atoms with Crippen molar-refractivity contribution < 1.29 is 24.2 Å². The lowest BCUT2D eigenvalue weighted by molar-refractivity contribution is 0.0237. The minimum absolute atomic E-state index is 0.111. The lowest BCUT2D eigenvalue weighted by Gasteiger charge is -2.22. The van der Waals surface area contributed by atoms with Crippen LogP contribution in [0.25, 0.3) is 0 Å². The van der Waals surface area contributed by atoms with E-state index < -0.39 is 5.97 Å². The molecule has 148 valence electrons. The molecule has 0 saturated carbocycles. The highest BCUT2D eigenvalue weighted by Gasteiger charge is 2.16. The van der Waals surface area contributed by atoms with Crippen LogP contribution in [0.2, 0.25) is 0 Å². The minimum atomic E-state index is -0.977. The number of urea groups is 1. The van der Waals surface area contributed by atoms with E-state index in [4.69, 9.17) is 14.6 Å². The molecule has 2 aromatic rings. The highest BCUT2D eigenvalue weighted by molar-refractivity contribution is 5.87. The lowest BCUT2D eigenvalue weighted by Crippen LogP contribution is -2.34. The van der Waals surface area contributed by atoms with Crippen LogP contribution in [-0.4, -0.2) is 41.4 Å². The summed E-state index contributed by atoms with van der Waals surface area (Å²) in [5.74, 6) is -0.431. The predicted octanol–water partition coefficient (Wildman–Crippen LogP) is 2.34. The van der Waals surface area contributed by atoms with Gasteiger partial charge in [-0.25, -0.2) is 14.6 Å². The highest BCUT2D eigenvalue weighted by atomic mass is 16.5. The molecule has 2 amide bonds. The van der Waals surface area contributed by atoms with Crippen LogP contribution in [0.4, 0.5) is 4.79 Å². The van der Waals surface area contributed by atoms with E-state index in [1.807, 2.05) is 12.1 Å². The Bertz CT molecular complexity index is 804. The average molecular weight is 385 g/mol. The number of carbonyl (C=O) groups excluding carboxylic acids is 1. The van der Waals surface area contributed by atoms with Crippen molar-refractivity contribution in [2.75, 3.05) is 13.2 Å². The number of hydrogen-bond acceptors (Lipinski definition) is 5. The molecule has 0 spiro atoms. The van der Waals surface area contributed by atoms with Crippen LogP contribution in [0.3, 0.4) is 0 Å². The first-order valence-corrected chi connectivity index (χ1v) is 9.13. The summed E-state index contributed by atoms with van der Waals surface area (Å²) in [7, 11) is 0. The molecule has 1 aliphatic rings. The standard InChI is InChI=1S/C20H23N3O5/c24-19(25)16-3-1-14(2-4-16)12-22-20(26)23-13-15-5-8-21-18(11-15)28-17-6-9-27-10-7-17/h1-5,8,11,17H,6-7,9-10,12-13H2,(H,24,25)(H2,22,23,26). The summed E-state index contributed by atoms with van der Waals surface area (Å²) in [6, 6.07) is 9.69. The summed E-state index contributed by atoms with van der Waals surface area (Å²) in [6.07, 6.45) is 3.47. The summed E-state index contributed by atoms with van der Waals surface area (Å²) in [4.78, 5) is 27.0. The Morgan fingerprint density at radius 3 is 2.43 bits per heavy atom. The van der Waals surface area contributed by atoms with Gasteiger partial charge in [0.25, 0.3) is 0 Å². The van der Waals surface area contributed by atoms with Gasteiger partial charge < -0.3 is 25.2 Å². The van der Waals surface area contributed by atoms with E-state index in [0.717, 1.165) is 24.0 Å².